The van der Waals surface area contributed by atoms with Crippen LogP contribution in [0, 0.1) is 0 Å². The second-order valence-corrected chi connectivity index (χ2v) is 5.17. The second kappa shape index (κ2) is 6.21. The van der Waals surface area contributed by atoms with Crippen LogP contribution in [0.2, 0.25) is 0 Å². The van der Waals surface area contributed by atoms with Crippen LogP contribution >= 0.6 is 15.9 Å². The number of aryl methyl sites for hydroxylation is 1. The number of benzene rings is 1. The van der Waals surface area contributed by atoms with Gasteiger partial charge in [0, 0.05) is 23.6 Å². The lowest BCUT2D eigenvalue weighted by Gasteiger charge is -2.13. The van der Waals surface area contributed by atoms with E-state index in [1.165, 1.54) is 0 Å². The van der Waals surface area contributed by atoms with Crippen LogP contribution in [-0.2, 0) is 13.0 Å². The van der Waals surface area contributed by atoms with Gasteiger partial charge in [-0.25, -0.2) is 0 Å². The number of aromatic nitrogens is 2. The number of ether oxygens (including phenoxy) is 1. The van der Waals surface area contributed by atoms with Crippen molar-refractivity contribution in [1.82, 2.24) is 9.78 Å². The number of aliphatic hydroxyl groups excluding tert-OH is 1. The molecule has 0 saturated heterocycles. The van der Waals surface area contributed by atoms with E-state index in [-0.39, 0.29) is 0 Å². The van der Waals surface area contributed by atoms with Crippen molar-refractivity contribution in [3.05, 3.63) is 46.2 Å². The second-order valence-electron chi connectivity index (χ2n) is 4.31. The molecule has 0 fully saturated rings. The lowest BCUT2D eigenvalue weighted by molar-refractivity contribution is 0.177. The molecule has 0 saturated carbocycles. The monoisotopic (exact) mass is 324 g/mol. The number of rotatable bonds is 5. The van der Waals surface area contributed by atoms with Crippen LogP contribution in [-0.4, -0.2) is 22.0 Å². The summed E-state index contributed by atoms with van der Waals surface area (Å²) in [6.07, 6.45) is 3.70. The van der Waals surface area contributed by atoms with Crippen molar-refractivity contribution in [2.24, 2.45) is 0 Å². The largest absolute Gasteiger partial charge is 0.497 e. The van der Waals surface area contributed by atoms with Gasteiger partial charge in [0.1, 0.15) is 5.75 Å². The molecule has 1 atom stereocenters. The third kappa shape index (κ3) is 3.36. The summed E-state index contributed by atoms with van der Waals surface area (Å²) in [4.78, 5) is 0. The molecule has 0 aliphatic heterocycles. The third-order valence-corrected chi connectivity index (χ3v) is 3.72. The molecule has 0 radical (unpaired) electrons. The van der Waals surface area contributed by atoms with E-state index < -0.39 is 6.10 Å². The van der Waals surface area contributed by atoms with Gasteiger partial charge < -0.3 is 9.84 Å². The Bertz CT molecular complexity index is 554. The first-order chi connectivity index (χ1) is 9.13. The van der Waals surface area contributed by atoms with Gasteiger partial charge in [0.15, 0.2) is 0 Å². The van der Waals surface area contributed by atoms with Crippen LogP contribution in [0.25, 0.3) is 0 Å². The van der Waals surface area contributed by atoms with Crippen LogP contribution in [0.1, 0.15) is 24.2 Å². The first-order valence-electron chi connectivity index (χ1n) is 6.17. The molecule has 2 rings (SSSR count). The first kappa shape index (κ1) is 14.1. The molecule has 0 aliphatic rings. The molecule has 0 spiro atoms. The van der Waals surface area contributed by atoms with Crippen LogP contribution < -0.4 is 4.74 Å². The summed E-state index contributed by atoms with van der Waals surface area (Å²) < 4.78 is 7.91. The van der Waals surface area contributed by atoms with Crippen molar-refractivity contribution < 1.29 is 9.84 Å². The zero-order valence-corrected chi connectivity index (χ0v) is 12.6. The number of hydrogen-bond acceptors (Lipinski definition) is 3. The van der Waals surface area contributed by atoms with E-state index >= 15 is 0 Å². The van der Waals surface area contributed by atoms with Gasteiger partial charge in [-0.3, -0.25) is 4.68 Å². The smallest absolute Gasteiger partial charge is 0.119 e. The van der Waals surface area contributed by atoms with E-state index in [0.717, 1.165) is 27.9 Å². The highest BCUT2D eigenvalue weighted by Crippen LogP contribution is 2.29. The molecule has 1 N–H and O–H groups in total. The minimum absolute atomic E-state index is 0.533. The Labute approximate surface area is 121 Å². The van der Waals surface area contributed by atoms with E-state index in [4.69, 9.17) is 4.74 Å². The third-order valence-electron chi connectivity index (χ3n) is 3.00. The fraction of sp³-hybridized carbons (Fsp3) is 0.357. The fourth-order valence-corrected chi connectivity index (χ4v) is 2.43. The predicted octanol–water partition coefficient (Wildman–Crippen LogP) is 2.95. The van der Waals surface area contributed by atoms with Crippen molar-refractivity contribution in [1.29, 1.82) is 0 Å². The van der Waals surface area contributed by atoms with Gasteiger partial charge in [-0.1, -0.05) is 15.9 Å². The van der Waals surface area contributed by atoms with Crippen LogP contribution in [0.5, 0.6) is 5.75 Å². The molecule has 102 valence electrons. The molecule has 1 aromatic carbocycles. The summed E-state index contributed by atoms with van der Waals surface area (Å²) in [6, 6.07) is 5.58. The number of aliphatic hydroxyl groups is 1. The van der Waals surface area contributed by atoms with Crippen LogP contribution in [0.15, 0.2) is 35.1 Å². The number of methoxy groups -OCH3 is 1. The highest BCUT2D eigenvalue weighted by atomic mass is 79.9. The molecule has 4 nitrogen and oxygen atoms in total. The van der Waals surface area contributed by atoms with Crippen molar-refractivity contribution in [2.45, 2.75) is 26.0 Å². The topological polar surface area (TPSA) is 47.3 Å². The molecule has 0 amide bonds. The van der Waals surface area contributed by atoms with Crippen molar-refractivity contribution >= 4 is 15.9 Å². The van der Waals surface area contributed by atoms with E-state index in [2.05, 4.69) is 21.0 Å². The highest BCUT2D eigenvalue weighted by molar-refractivity contribution is 9.10. The van der Waals surface area contributed by atoms with E-state index in [1.807, 2.05) is 36.0 Å². The van der Waals surface area contributed by atoms with Crippen LogP contribution in [0.4, 0.5) is 0 Å². The summed E-state index contributed by atoms with van der Waals surface area (Å²) in [5.74, 6) is 0.738. The molecule has 19 heavy (non-hydrogen) atoms. The predicted molar refractivity (Wildman–Crippen MR) is 77.3 cm³/mol. The van der Waals surface area contributed by atoms with Gasteiger partial charge >= 0.3 is 0 Å². The molecule has 1 aromatic heterocycles. The Morgan fingerprint density at radius 2 is 2.26 bits per heavy atom. The van der Waals surface area contributed by atoms with E-state index in [0.29, 0.717) is 6.42 Å². The molecule has 1 heterocycles. The number of nitrogens with zero attached hydrogens (tertiary/aromatic N) is 2. The Morgan fingerprint density at radius 1 is 1.47 bits per heavy atom. The average Bonchev–Trinajstić information content (AvgIpc) is 2.87. The van der Waals surface area contributed by atoms with Gasteiger partial charge in [-0.15, -0.1) is 0 Å². The SMILES string of the molecule is CCn1cc(CC(O)c2cc(OC)ccc2Br)cn1. The lowest BCUT2D eigenvalue weighted by atomic mass is 10.0. The van der Waals surface area contributed by atoms with Crippen molar-refractivity contribution in [3.63, 3.8) is 0 Å². The maximum absolute atomic E-state index is 10.3. The number of halogens is 1. The quantitative estimate of drug-likeness (QED) is 0.919. The van der Waals surface area contributed by atoms with E-state index in [1.54, 1.807) is 13.3 Å². The zero-order chi connectivity index (χ0) is 13.8. The van der Waals surface area contributed by atoms with Gasteiger partial charge in [-0.2, -0.15) is 5.10 Å². The van der Waals surface area contributed by atoms with E-state index in [9.17, 15) is 5.11 Å². The van der Waals surface area contributed by atoms with Gasteiger partial charge in [0.2, 0.25) is 0 Å². The summed E-state index contributed by atoms with van der Waals surface area (Å²) >= 11 is 3.46. The van der Waals surface area contributed by atoms with Crippen molar-refractivity contribution in [2.75, 3.05) is 7.11 Å². The van der Waals surface area contributed by atoms with Gasteiger partial charge in [-0.05, 0) is 36.2 Å². The molecule has 1 unspecified atom stereocenters. The summed E-state index contributed by atoms with van der Waals surface area (Å²) in [5, 5.41) is 14.5. The molecule has 2 aromatic rings. The Balaban J connectivity index is 2.16. The summed E-state index contributed by atoms with van der Waals surface area (Å²) in [7, 11) is 1.62. The Kier molecular flexibility index (Phi) is 4.61. The molecular formula is C14H17BrN2O2. The Morgan fingerprint density at radius 3 is 2.89 bits per heavy atom. The minimum Gasteiger partial charge on any atom is -0.497 e. The average molecular weight is 325 g/mol. The normalized spacial score (nSPS) is 12.4. The molecule has 0 aliphatic carbocycles. The van der Waals surface area contributed by atoms with Crippen LogP contribution in [0.3, 0.4) is 0 Å². The molecule has 0 bridgehead atoms. The Hall–Kier alpha value is -1.33. The maximum atomic E-state index is 10.3. The van der Waals surface area contributed by atoms with Crippen molar-refractivity contribution in [3.8, 4) is 5.75 Å². The standard InChI is InChI=1S/C14H17BrN2O2/c1-3-17-9-10(8-16-17)6-14(18)12-7-11(19-2)4-5-13(12)15/h4-5,7-9,14,18H,3,6H2,1-2H3. The summed E-state index contributed by atoms with van der Waals surface area (Å²) in [5.41, 5.74) is 1.84. The van der Waals surface area contributed by atoms with Gasteiger partial charge in [0.05, 0.1) is 19.4 Å². The summed E-state index contributed by atoms with van der Waals surface area (Å²) in [6.45, 7) is 2.87. The molecule has 5 heteroatoms. The minimum atomic E-state index is -0.584. The molecular weight excluding hydrogens is 308 g/mol. The fourth-order valence-electron chi connectivity index (χ4n) is 1.92. The highest BCUT2D eigenvalue weighted by Gasteiger charge is 2.14. The lowest BCUT2D eigenvalue weighted by Crippen LogP contribution is -2.03. The first-order valence-corrected chi connectivity index (χ1v) is 6.96. The maximum Gasteiger partial charge on any atom is 0.119 e. The number of hydrogen-bond donors (Lipinski definition) is 1. The zero-order valence-electron chi connectivity index (χ0n) is 11.0. The van der Waals surface area contributed by atoms with Gasteiger partial charge in [0.25, 0.3) is 0 Å².